The molecule has 0 atom stereocenters. The van der Waals surface area contributed by atoms with E-state index in [0.29, 0.717) is 5.56 Å². The Hall–Kier alpha value is -2.27. The molecule has 0 bridgehead atoms. The average molecular weight is 252 g/mol. The second-order valence-electron chi connectivity index (χ2n) is 4.46. The molecule has 1 rings (SSSR count). The molecule has 98 valence electrons. The maximum Gasteiger partial charge on any atom is 0.0991 e. The first-order chi connectivity index (χ1) is 9.03. The number of nitriles is 1. The lowest BCUT2D eigenvalue weighted by atomic mass is 9.93. The highest BCUT2D eigenvalue weighted by Crippen LogP contribution is 2.26. The molecule has 2 nitrogen and oxygen atoms in total. The van der Waals surface area contributed by atoms with Crippen molar-refractivity contribution in [2.75, 3.05) is 0 Å². The van der Waals surface area contributed by atoms with Gasteiger partial charge in [-0.25, -0.2) is 0 Å². The van der Waals surface area contributed by atoms with E-state index in [1.165, 1.54) is 0 Å². The topological polar surface area (TPSA) is 49.8 Å². The normalized spacial score (nSPS) is 13.3. The average Bonchev–Trinajstić information content (AvgIpc) is 2.41. The lowest BCUT2D eigenvalue weighted by molar-refractivity contribution is 1.33. The van der Waals surface area contributed by atoms with Crippen LogP contribution in [0.1, 0.15) is 37.5 Å². The molecule has 0 fully saturated rings. The Morgan fingerprint density at radius 2 is 1.95 bits per heavy atom. The van der Waals surface area contributed by atoms with Crippen LogP contribution in [0, 0.1) is 18.3 Å². The number of allylic oxidation sites excluding steroid dienone is 5. The monoisotopic (exact) mass is 252 g/mol. The Kier molecular flexibility index (Phi) is 5.14. The Morgan fingerprint density at radius 3 is 2.42 bits per heavy atom. The predicted molar refractivity (Wildman–Crippen MR) is 81.2 cm³/mol. The molecule has 0 amide bonds. The van der Waals surface area contributed by atoms with E-state index >= 15 is 0 Å². The number of nitrogens with zero attached hydrogens (tertiary/aromatic N) is 1. The summed E-state index contributed by atoms with van der Waals surface area (Å²) in [5.74, 6) is 0. The fourth-order valence-corrected chi connectivity index (χ4v) is 2.04. The molecule has 0 saturated carbocycles. The molecule has 1 aromatic rings. The second-order valence-corrected chi connectivity index (χ2v) is 4.46. The molecule has 0 aromatic heterocycles. The molecular weight excluding hydrogens is 232 g/mol. The molecule has 0 spiro atoms. The summed E-state index contributed by atoms with van der Waals surface area (Å²) < 4.78 is 0. The van der Waals surface area contributed by atoms with E-state index in [4.69, 9.17) is 11.0 Å². The van der Waals surface area contributed by atoms with E-state index in [0.717, 1.165) is 28.0 Å². The summed E-state index contributed by atoms with van der Waals surface area (Å²) in [7, 11) is 0. The molecule has 0 radical (unpaired) electrons. The molecule has 0 aliphatic carbocycles. The Labute approximate surface area is 115 Å². The molecule has 1 aromatic carbocycles. The minimum atomic E-state index is 0.686. The van der Waals surface area contributed by atoms with Crippen LogP contribution in [0.15, 0.2) is 47.7 Å². The number of hydrogen-bond donors (Lipinski definition) is 1. The predicted octanol–water partition coefficient (Wildman–Crippen LogP) is 4.08. The van der Waals surface area contributed by atoms with Crippen molar-refractivity contribution in [2.45, 2.75) is 27.7 Å². The second kappa shape index (κ2) is 6.61. The van der Waals surface area contributed by atoms with E-state index in [-0.39, 0.29) is 0 Å². The van der Waals surface area contributed by atoms with Crippen LogP contribution >= 0.6 is 0 Å². The van der Waals surface area contributed by atoms with Crippen molar-refractivity contribution in [1.29, 1.82) is 5.26 Å². The third kappa shape index (κ3) is 3.59. The summed E-state index contributed by atoms with van der Waals surface area (Å²) >= 11 is 0. The highest BCUT2D eigenvalue weighted by molar-refractivity contribution is 5.80. The number of aryl methyl sites for hydroxylation is 1. The van der Waals surface area contributed by atoms with Crippen molar-refractivity contribution in [3.05, 3.63) is 64.4 Å². The van der Waals surface area contributed by atoms with E-state index in [1.807, 2.05) is 58.0 Å². The zero-order valence-electron chi connectivity index (χ0n) is 12.0. The fraction of sp³-hybridized carbons (Fsp3) is 0.235. The van der Waals surface area contributed by atoms with Crippen LogP contribution in [0.5, 0.6) is 0 Å². The lowest BCUT2D eigenvalue weighted by Gasteiger charge is -2.12. The molecule has 0 unspecified atom stereocenters. The van der Waals surface area contributed by atoms with Crippen LogP contribution < -0.4 is 5.73 Å². The standard InChI is InChI=1S/C17H20N2/c1-5-15(19)10-13(4)16(6-2)17-8-7-14(11-18)9-12(17)3/h5-10H,19H2,1-4H3/b13-10-,15-5+,16-6+. The highest BCUT2D eigenvalue weighted by Gasteiger charge is 2.07. The summed E-state index contributed by atoms with van der Waals surface area (Å²) in [5.41, 5.74) is 11.8. The molecule has 2 heteroatoms. The third-order valence-corrected chi connectivity index (χ3v) is 3.08. The third-order valence-electron chi connectivity index (χ3n) is 3.08. The number of benzene rings is 1. The number of hydrogen-bond acceptors (Lipinski definition) is 2. The largest absolute Gasteiger partial charge is 0.399 e. The van der Waals surface area contributed by atoms with Crippen molar-refractivity contribution in [3.63, 3.8) is 0 Å². The van der Waals surface area contributed by atoms with E-state index in [9.17, 15) is 0 Å². The van der Waals surface area contributed by atoms with Crippen molar-refractivity contribution in [3.8, 4) is 6.07 Å². The quantitative estimate of drug-likeness (QED) is 0.824. The van der Waals surface area contributed by atoms with Crippen LogP contribution in [-0.2, 0) is 0 Å². The summed E-state index contributed by atoms with van der Waals surface area (Å²) in [6.45, 7) is 7.99. The van der Waals surface area contributed by atoms with Crippen LogP contribution in [0.3, 0.4) is 0 Å². The summed E-state index contributed by atoms with van der Waals surface area (Å²) in [6.07, 6.45) is 5.92. The van der Waals surface area contributed by atoms with E-state index in [1.54, 1.807) is 0 Å². The van der Waals surface area contributed by atoms with Gasteiger partial charge in [0.15, 0.2) is 0 Å². The van der Waals surface area contributed by atoms with Crippen LogP contribution in [0.4, 0.5) is 0 Å². The molecule has 0 saturated heterocycles. The van der Waals surface area contributed by atoms with Crippen LogP contribution in [0.25, 0.3) is 5.57 Å². The minimum Gasteiger partial charge on any atom is -0.399 e. The maximum atomic E-state index is 8.91. The molecular formula is C17H20N2. The van der Waals surface area contributed by atoms with Gasteiger partial charge < -0.3 is 5.73 Å². The smallest absolute Gasteiger partial charge is 0.0991 e. The SMILES string of the molecule is C\C=C(N)/C=C(C)\C(=C/C)c1ccc(C#N)cc1C. The summed E-state index contributed by atoms with van der Waals surface area (Å²) in [4.78, 5) is 0. The van der Waals surface area contributed by atoms with Gasteiger partial charge in [-0.15, -0.1) is 0 Å². The summed E-state index contributed by atoms with van der Waals surface area (Å²) in [5, 5.41) is 8.91. The Balaban J connectivity index is 3.27. The number of rotatable bonds is 3. The van der Waals surface area contributed by atoms with E-state index < -0.39 is 0 Å². The zero-order chi connectivity index (χ0) is 14.4. The van der Waals surface area contributed by atoms with Gasteiger partial charge in [0.2, 0.25) is 0 Å². The van der Waals surface area contributed by atoms with Gasteiger partial charge in [0, 0.05) is 5.70 Å². The Morgan fingerprint density at radius 1 is 1.26 bits per heavy atom. The van der Waals surface area contributed by atoms with Gasteiger partial charge in [-0.3, -0.25) is 0 Å². The van der Waals surface area contributed by atoms with Crippen LogP contribution in [-0.4, -0.2) is 0 Å². The van der Waals surface area contributed by atoms with Crippen LogP contribution in [0.2, 0.25) is 0 Å². The van der Waals surface area contributed by atoms with Gasteiger partial charge in [-0.2, -0.15) is 5.26 Å². The first-order valence-electron chi connectivity index (χ1n) is 6.31. The van der Waals surface area contributed by atoms with Gasteiger partial charge in [0.05, 0.1) is 11.6 Å². The van der Waals surface area contributed by atoms with Gasteiger partial charge in [-0.05, 0) is 68.2 Å². The highest BCUT2D eigenvalue weighted by atomic mass is 14.5. The van der Waals surface area contributed by atoms with Crippen molar-refractivity contribution in [2.24, 2.45) is 5.73 Å². The maximum absolute atomic E-state index is 8.91. The molecule has 2 N–H and O–H groups in total. The molecule has 19 heavy (non-hydrogen) atoms. The van der Waals surface area contributed by atoms with Gasteiger partial charge in [0.1, 0.15) is 0 Å². The van der Waals surface area contributed by atoms with E-state index in [2.05, 4.69) is 12.1 Å². The summed E-state index contributed by atoms with van der Waals surface area (Å²) in [6, 6.07) is 7.91. The molecule has 0 heterocycles. The fourth-order valence-electron chi connectivity index (χ4n) is 2.04. The van der Waals surface area contributed by atoms with Crippen molar-refractivity contribution in [1.82, 2.24) is 0 Å². The zero-order valence-corrected chi connectivity index (χ0v) is 12.0. The lowest BCUT2D eigenvalue weighted by Crippen LogP contribution is -1.96. The first-order valence-corrected chi connectivity index (χ1v) is 6.31. The van der Waals surface area contributed by atoms with Crippen molar-refractivity contribution >= 4 is 5.57 Å². The Bertz CT molecular complexity index is 596. The molecule has 0 aliphatic rings. The molecule has 0 aliphatic heterocycles. The first kappa shape index (κ1) is 14.8. The van der Waals surface area contributed by atoms with Crippen molar-refractivity contribution < 1.29 is 0 Å². The van der Waals surface area contributed by atoms with Gasteiger partial charge >= 0.3 is 0 Å². The van der Waals surface area contributed by atoms with Gasteiger partial charge in [0.25, 0.3) is 0 Å². The number of nitrogens with two attached hydrogens (primary N) is 1. The van der Waals surface area contributed by atoms with Gasteiger partial charge in [-0.1, -0.05) is 18.2 Å². The minimum absolute atomic E-state index is 0.686.